The van der Waals surface area contributed by atoms with Crippen molar-refractivity contribution in [2.24, 2.45) is 0 Å². The Balaban J connectivity index is 1.84. The van der Waals surface area contributed by atoms with E-state index in [2.05, 4.69) is 30.3 Å². The van der Waals surface area contributed by atoms with Gasteiger partial charge in [-0.25, -0.2) is 0 Å². The SMILES string of the molecule is COc1ccc(-c2cc(-c3ccc(OC)cc3)[s+]c(-c3ccccc3)n2)cc1. The minimum Gasteiger partial charge on any atom is -0.497 e. The van der Waals surface area contributed by atoms with Gasteiger partial charge in [0.25, 0.3) is 11.3 Å². The zero-order valence-corrected chi connectivity index (χ0v) is 16.6. The topological polar surface area (TPSA) is 31.4 Å². The second-order valence-electron chi connectivity index (χ2n) is 6.24. The largest absolute Gasteiger partial charge is 0.497 e. The molecule has 1 heterocycles. The van der Waals surface area contributed by atoms with Gasteiger partial charge in [-0.3, -0.25) is 0 Å². The summed E-state index contributed by atoms with van der Waals surface area (Å²) in [7, 11) is 3.35. The maximum absolute atomic E-state index is 5.29. The second kappa shape index (κ2) is 8.19. The number of methoxy groups -OCH3 is 2. The van der Waals surface area contributed by atoms with Gasteiger partial charge in [0.2, 0.25) is 4.88 Å². The average molecular weight is 386 g/mol. The fourth-order valence-corrected chi connectivity index (χ4v) is 3.96. The van der Waals surface area contributed by atoms with Gasteiger partial charge in [0.15, 0.2) is 0 Å². The predicted molar refractivity (Wildman–Crippen MR) is 116 cm³/mol. The molecular weight excluding hydrogens is 366 g/mol. The quantitative estimate of drug-likeness (QED) is 0.370. The van der Waals surface area contributed by atoms with Crippen LogP contribution in [0.25, 0.3) is 32.3 Å². The molecule has 1 aromatic heterocycles. The summed E-state index contributed by atoms with van der Waals surface area (Å²) in [6.45, 7) is 0. The summed E-state index contributed by atoms with van der Waals surface area (Å²) < 4.78 is 10.6. The molecular formula is C24H20NO2S+. The Hall–Kier alpha value is -3.24. The van der Waals surface area contributed by atoms with Crippen molar-refractivity contribution in [3.8, 4) is 43.8 Å². The van der Waals surface area contributed by atoms with Gasteiger partial charge in [-0.05, 0) is 60.7 Å². The van der Waals surface area contributed by atoms with E-state index in [1.54, 1.807) is 25.6 Å². The van der Waals surface area contributed by atoms with Crippen molar-refractivity contribution in [1.29, 1.82) is 0 Å². The molecule has 0 atom stereocenters. The summed E-state index contributed by atoms with van der Waals surface area (Å²) in [5.41, 5.74) is 4.24. The lowest BCUT2D eigenvalue weighted by Crippen LogP contribution is -1.89. The monoisotopic (exact) mass is 386 g/mol. The van der Waals surface area contributed by atoms with E-state index < -0.39 is 0 Å². The molecule has 0 spiro atoms. The number of hydrogen-bond acceptors (Lipinski definition) is 3. The van der Waals surface area contributed by atoms with Crippen LogP contribution in [0.1, 0.15) is 0 Å². The number of benzene rings is 3. The van der Waals surface area contributed by atoms with E-state index in [0.717, 1.165) is 43.8 Å². The Labute approximate surface area is 168 Å². The highest BCUT2D eigenvalue weighted by atomic mass is 32.1. The van der Waals surface area contributed by atoms with Gasteiger partial charge in [-0.2, -0.15) is 4.98 Å². The Morgan fingerprint density at radius 3 is 1.79 bits per heavy atom. The van der Waals surface area contributed by atoms with Gasteiger partial charge < -0.3 is 9.47 Å². The molecule has 0 saturated carbocycles. The first-order valence-electron chi connectivity index (χ1n) is 8.96. The van der Waals surface area contributed by atoms with Gasteiger partial charge >= 0.3 is 5.01 Å². The molecule has 3 nitrogen and oxygen atoms in total. The Morgan fingerprint density at radius 1 is 0.643 bits per heavy atom. The lowest BCUT2D eigenvalue weighted by Gasteiger charge is -2.04. The summed E-state index contributed by atoms with van der Waals surface area (Å²) in [4.78, 5) is 6.10. The third-order valence-electron chi connectivity index (χ3n) is 4.48. The molecule has 28 heavy (non-hydrogen) atoms. The van der Waals surface area contributed by atoms with E-state index in [1.165, 1.54) is 0 Å². The molecule has 0 unspecified atom stereocenters. The summed E-state index contributed by atoms with van der Waals surface area (Å²) in [6.07, 6.45) is 0. The van der Waals surface area contributed by atoms with Crippen LogP contribution >= 0.6 is 11.3 Å². The lowest BCUT2D eigenvalue weighted by atomic mass is 10.1. The molecule has 0 saturated heterocycles. The Kier molecular flexibility index (Phi) is 5.31. The van der Waals surface area contributed by atoms with Crippen molar-refractivity contribution >= 4 is 11.3 Å². The van der Waals surface area contributed by atoms with Crippen LogP contribution in [0.3, 0.4) is 0 Å². The van der Waals surface area contributed by atoms with E-state index in [9.17, 15) is 0 Å². The van der Waals surface area contributed by atoms with Crippen molar-refractivity contribution in [2.45, 2.75) is 0 Å². The molecule has 3 aromatic carbocycles. The fraction of sp³-hybridized carbons (Fsp3) is 0.0833. The smallest absolute Gasteiger partial charge is 0.331 e. The molecule has 4 heteroatoms. The van der Waals surface area contributed by atoms with Crippen LogP contribution in [0, 0.1) is 0 Å². The van der Waals surface area contributed by atoms with E-state index in [4.69, 9.17) is 14.5 Å². The summed E-state index contributed by atoms with van der Waals surface area (Å²) in [6, 6.07) is 28.6. The number of rotatable bonds is 5. The van der Waals surface area contributed by atoms with Crippen molar-refractivity contribution in [3.05, 3.63) is 84.9 Å². The maximum Gasteiger partial charge on any atom is 0.331 e. The number of ether oxygens (including phenoxy) is 2. The van der Waals surface area contributed by atoms with Crippen molar-refractivity contribution in [1.82, 2.24) is 4.98 Å². The van der Waals surface area contributed by atoms with Crippen LogP contribution in [-0.4, -0.2) is 19.2 Å². The van der Waals surface area contributed by atoms with E-state index in [0.29, 0.717) is 0 Å². The third kappa shape index (κ3) is 3.87. The summed E-state index contributed by atoms with van der Waals surface area (Å²) in [5, 5.41) is 0.986. The minimum absolute atomic E-state index is 0.834. The van der Waals surface area contributed by atoms with Crippen LogP contribution in [0.15, 0.2) is 84.9 Å². The van der Waals surface area contributed by atoms with Crippen LogP contribution in [0.4, 0.5) is 0 Å². The molecule has 0 aliphatic rings. The predicted octanol–water partition coefficient (Wildman–Crippen LogP) is 6.44. The standard InChI is InChI=1S/C24H20NO2S/c1-26-20-12-8-17(9-13-20)22-16-23(18-10-14-21(27-2)15-11-18)28-24(25-22)19-6-4-3-5-7-19/h3-16H,1-2H3/q+1. The molecule has 138 valence electrons. The highest BCUT2D eigenvalue weighted by molar-refractivity contribution is 7.18. The van der Waals surface area contributed by atoms with Crippen molar-refractivity contribution < 1.29 is 9.47 Å². The average Bonchev–Trinajstić information content (AvgIpc) is 2.79. The van der Waals surface area contributed by atoms with Crippen molar-refractivity contribution in [3.63, 3.8) is 0 Å². The highest BCUT2D eigenvalue weighted by Crippen LogP contribution is 2.35. The van der Waals surface area contributed by atoms with Crippen LogP contribution in [-0.2, 0) is 0 Å². The Morgan fingerprint density at radius 2 is 1.21 bits per heavy atom. The molecule has 0 fully saturated rings. The molecule has 0 bridgehead atoms. The van der Waals surface area contributed by atoms with Crippen LogP contribution in [0.5, 0.6) is 11.5 Å². The molecule has 0 aliphatic carbocycles. The summed E-state index contributed by atoms with van der Waals surface area (Å²) in [5.74, 6) is 1.68. The second-order valence-corrected chi connectivity index (χ2v) is 7.27. The molecule has 0 N–H and O–H groups in total. The van der Waals surface area contributed by atoms with Gasteiger partial charge in [0.1, 0.15) is 11.5 Å². The van der Waals surface area contributed by atoms with Gasteiger partial charge in [0.05, 0.1) is 25.5 Å². The first kappa shape index (κ1) is 18.1. The minimum atomic E-state index is 0.834. The first-order chi connectivity index (χ1) is 13.8. The number of nitrogens with zero attached hydrogens (tertiary/aromatic N) is 1. The van der Waals surface area contributed by atoms with Crippen molar-refractivity contribution in [2.75, 3.05) is 14.2 Å². The Bertz CT molecular complexity index is 996. The number of hydrogen-bond donors (Lipinski definition) is 0. The van der Waals surface area contributed by atoms with Gasteiger partial charge in [-0.1, -0.05) is 18.2 Å². The zero-order chi connectivity index (χ0) is 19.3. The van der Waals surface area contributed by atoms with E-state index in [1.807, 2.05) is 54.6 Å². The highest BCUT2D eigenvalue weighted by Gasteiger charge is 2.21. The fourth-order valence-electron chi connectivity index (χ4n) is 2.93. The third-order valence-corrected chi connectivity index (χ3v) is 5.57. The van der Waals surface area contributed by atoms with Gasteiger partial charge in [0, 0.05) is 17.2 Å². The van der Waals surface area contributed by atoms with E-state index in [-0.39, 0.29) is 0 Å². The summed E-state index contributed by atoms with van der Waals surface area (Å²) >= 11 is 1.68. The molecule has 0 aliphatic heterocycles. The van der Waals surface area contributed by atoms with Gasteiger partial charge in [-0.15, -0.1) is 0 Å². The van der Waals surface area contributed by atoms with Crippen LogP contribution < -0.4 is 9.47 Å². The molecule has 4 aromatic rings. The molecule has 4 rings (SSSR count). The lowest BCUT2D eigenvalue weighted by molar-refractivity contribution is 0.415. The van der Waals surface area contributed by atoms with Crippen LogP contribution in [0.2, 0.25) is 0 Å². The molecule has 0 radical (unpaired) electrons. The maximum atomic E-state index is 5.29. The normalized spacial score (nSPS) is 10.5. The number of aromatic nitrogens is 1. The molecule has 0 amide bonds. The first-order valence-corrected chi connectivity index (χ1v) is 9.78. The zero-order valence-electron chi connectivity index (χ0n) is 15.8. The van der Waals surface area contributed by atoms with E-state index >= 15 is 0 Å².